The summed E-state index contributed by atoms with van der Waals surface area (Å²) in [5.41, 5.74) is 4.16. The molecule has 0 saturated carbocycles. The third-order valence-corrected chi connectivity index (χ3v) is 5.44. The summed E-state index contributed by atoms with van der Waals surface area (Å²) in [5, 5.41) is 3.09. The lowest BCUT2D eigenvalue weighted by Gasteiger charge is -2.26. The first-order chi connectivity index (χ1) is 13.1. The van der Waals surface area contributed by atoms with Crippen LogP contribution in [0.1, 0.15) is 46.7 Å². The van der Waals surface area contributed by atoms with Crippen molar-refractivity contribution in [3.63, 3.8) is 0 Å². The second-order valence-corrected chi connectivity index (χ2v) is 7.30. The van der Waals surface area contributed by atoms with E-state index in [1.165, 1.54) is 5.56 Å². The lowest BCUT2D eigenvalue weighted by atomic mass is 10.1. The number of carbonyl (C=O) groups is 1. The van der Waals surface area contributed by atoms with Gasteiger partial charge in [-0.15, -0.1) is 0 Å². The van der Waals surface area contributed by atoms with Crippen LogP contribution >= 0.6 is 0 Å². The minimum absolute atomic E-state index is 0.0246. The zero-order valence-corrected chi connectivity index (χ0v) is 16.7. The van der Waals surface area contributed by atoms with Gasteiger partial charge in [0.15, 0.2) is 0 Å². The van der Waals surface area contributed by atoms with Crippen molar-refractivity contribution in [2.24, 2.45) is 0 Å². The second-order valence-electron chi connectivity index (χ2n) is 7.30. The minimum Gasteiger partial charge on any atom is -0.379 e. The Bertz CT molecular complexity index is 748. The van der Waals surface area contributed by atoms with Crippen molar-refractivity contribution in [2.75, 3.05) is 39.4 Å². The molecule has 5 heteroatoms. The van der Waals surface area contributed by atoms with Gasteiger partial charge in [-0.2, -0.15) is 0 Å². The topological polar surface area (TPSA) is 46.5 Å². The highest BCUT2D eigenvalue weighted by molar-refractivity contribution is 5.95. The third kappa shape index (κ3) is 4.79. The molecule has 1 aromatic carbocycles. The van der Waals surface area contributed by atoms with Gasteiger partial charge in [0, 0.05) is 31.0 Å². The van der Waals surface area contributed by atoms with E-state index in [9.17, 15) is 4.79 Å². The third-order valence-electron chi connectivity index (χ3n) is 5.44. The molecule has 0 spiro atoms. The second kappa shape index (κ2) is 9.20. The molecule has 1 atom stereocenters. The predicted molar refractivity (Wildman–Crippen MR) is 108 cm³/mol. The summed E-state index contributed by atoms with van der Waals surface area (Å²) >= 11 is 0. The number of nitrogens with one attached hydrogen (secondary N) is 1. The van der Waals surface area contributed by atoms with Crippen molar-refractivity contribution in [1.82, 2.24) is 14.8 Å². The van der Waals surface area contributed by atoms with Gasteiger partial charge >= 0.3 is 0 Å². The molecule has 1 unspecified atom stereocenters. The fourth-order valence-corrected chi connectivity index (χ4v) is 3.91. The number of aryl methyl sites for hydroxylation is 1. The van der Waals surface area contributed by atoms with Crippen LogP contribution in [0.3, 0.4) is 0 Å². The lowest BCUT2D eigenvalue weighted by Crippen LogP contribution is -2.38. The van der Waals surface area contributed by atoms with Gasteiger partial charge < -0.3 is 14.6 Å². The summed E-state index contributed by atoms with van der Waals surface area (Å²) in [7, 11) is 0. The molecule has 1 fully saturated rings. The van der Waals surface area contributed by atoms with Gasteiger partial charge in [0.1, 0.15) is 0 Å². The van der Waals surface area contributed by atoms with Crippen molar-refractivity contribution in [2.45, 2.75) is 33.2 Å². The highest BCUT2D eigenvalue weighted by Gasteiger charge is 2.19. The Morgan fingerprint density at radius 3 is 2.59 bits per heavy atom. The van der Waals surface area contributed by atoms with E-state index in [2.05, 4.69) is 52.9 Å². The first kappa shape index (κ1) is 19.6. The van der Waals surface area contributed by atoms with Crippen molar-refractivity contribution in [1.29, 1.82) is 0 Å². The van der Waals surface area contributed by atoms with Crippen LogP contribution in [0.25, 0.3) is 0 Å². The highest BCUT2D eigenvalue weighted by Crippen LogP contribution is 2.25. The Morgan fingerprint density at radius 1 is 1.19 bits per heavy atom. The molecule has 146 valence electrons. The molecule has 1 N–H and O–H groups in total. The van der Waals surface area contributed by atoms with E-state index in [0.717, 1.165) is 56.2 Å². The van der Waals surface area contributed by atoms with Crippen LogP contribution in [0.2, 0.25) is 0 Å². The number of hydrogen-bond donors (Lipinski definition) is 1. The van der Waals surface area contributed by atoms with Gasteiger partial charge in [-0.1, -0.05) is 30.3 Å². The number of benzene rings is 1. The molecule has 0 aliphatic carbocycles. The fraction of sp³-hybridized carbons (Fsp3) is 0.500. The molecule has 1 aromatic heterocycles. The SMILES string of the molecule is Cc1cc(C(=O)NCCCN2CCOCC2)c(C)n1C(C)c1ccccc1. The highest BCUT2D eigenvalue weighted by atomic mass is 16.5. The number of amides is 1. The van der Waals surface area contributed by atoms with Crippen molar-refractivity contribution in [3.05, 3.63) is 58.9 Å². The van der Waals surface area contributed by atoms with Crippen LogP contribution in [0, 0.1) is 13.8 Å². The van der Waals surface area contributed by atoms with Crippen LogP contribution in [0.15, 0.2) is 36.4 Å². The Kier molecular flexibility index (Phi) is 6.69. The monoisotopic (exact) mass is 369 g/mol. The molecule has 5 nitrogen and oxygen atoms in total. The van der Waals surface area contributed by atoms with E-state index in [1.807, 2.05) is 19.1 Å². The number of rotatable bonds is 7. The molecule has 1 aliphatic rings. The molecule has 2 aromatic rings. The number of morpholine rings is 1. The van der Waals surface area contributed by atoms with E-state index in [-0.39, 0.29) is 11.9 Å². The summed E-state index contributed by atoms with van der Waals surface area (Å²) in [4.78, 5) is 15.1. The molecule has 0 bridgehead atoms. The Labute approximate surface area is 162 Å². The first-order valence-corrected chi connectivity index (χ1v) is 9.89. The van der Waals surface area contributed by atoms with Crippen LogP contribution in [0.4, 0.5) is 0 Å². The largest absolute Gasteiger partial charge is 0.379 e. The number of aromatic nitrogens is 1. The molecule has 3 rings (SSSR count). The van der Waals surface area contributed by atoms with Crippen molar-refractivity contribution < 1.29 is 9.53 Å². The summed E-state index contributed by atoms with van der Waals surface area (Å²) < 4.78 is 7.61. The first-order valence-electron chi connectivity index (χ1n) is 9.89. The number of nitrogens with zero attached hydrogens (tertiary/aromatic N) is 2. The smallest absolute Gasteiger partial charge is 0.253 e. The van der Waals surface area contributed by atoms with Gasteiger partial charge in [-0.25, -0.2) is 0 Å². The van der Waals surface area contributed by atoms with E-state index in [1.54, 1.807) is 0 Å². The van der Waals surface area contributed by atoms with Crippen LogP contribution in [-0.4, -0.2) is 54.8 Å². The van der Waals surface area contributed by atoms with E-state index >= 15 is 0 Å². The van der Waals surface area contributed by atoms with E-state index < -0.39 is 0 Å². The number of hydrogen-bond acceptors (Lipinski definition) is 3. The lowest BCUT2D eigenvalue weighted by molar-refractivity contribution is 0.0374. The minimum atomic E-state index is 0.0246. The maximum atomic E-state index is 12.7. The molecular formula is C22H31N3O2. The van der Waals surface area contributed by atoms with Crippen molar-refractivity contribution in [3.8, 4) is 0 Å². The zero-order chi connectivity index (χ0) is 19.2. The van der Waals surface area contributed by atoms with Crippen LogP contribution < -0.4 is 5.32 Å². The standard InChI is InChI=1S/C22H31N3O2/c1-17-16-21(19(3)25(17)18(2)20-8-5-4-6-9-20)22(26)23-10-7-11-24-12-14-27-15-13-24/h4-6,8-9,16,18H,7,10-15H2,1-3H3,(H,23,26). The molecule has 1 aliphatic heterocycles. The molecule has 0 radical (unpaired) electrons. The van der Waals surface area contributed by atoms with Gasteiger partial charge in [0.25, 0.3) is 5.91 Å². The predicted octanol–water partition coefficient (Wildman–Crippen LogP) is 3.17. The number of carbonyl (C=O) groups excluding carboxylic acids is 1. The Balaban J connectivity index is 1.59. The molecule has 1 amide bonds. The normalized spacial score (nSPS) is 16.3. The maximum Gasteiger partial charge on any atom is 0.253 e. The zero-order valence-electron chi connectivity index (χ0n) is 16.7. The quantitative estimate of drug-likeness (QED) is 0.763. The fourth-order valence-electron chi connectivity index (χ4n) is 3.91. The van der Waals surface area contributed by atoms with Gasteiger partial charge in [0.2, 0.25) is 0 Å². The average molecular weight is 370 g/mol. The summed E-state index contributed by atoms with van der Waals surface area (Å²) in [5.74, 6) is 0.0246. The Morgan fingerprint density at radius 2 is 1.89 bits per heavy atom. The van der Waals surface area contributed by atoms with Gasteiger partial charge in [-0.05, 0) is 45.4 Å². The van der Waals surface area contributed by atoms with Crippen molar-refractivity contribution >= 4 is 5.91 Å². The van der Waals surface area contributed by atoms with E-state index in [0.29, 0.717) is 6.54 Å². The molecule has 2 heterocycles. The average Bonchev–Trinajstić information content (AvgIpc) is 3.00. The van der Waals surface area contributed by atoms with Gasteiger partial charge in [0.05, 0.1) is 24.8 Å². The molecular weight excluding hydrogens is 338 g/mol. The van der Waals surface area contributed by atoms with E-state index in [4.69, 9.17) is 4.74 Å². The number of ether oxygens (including phenoxy) is 1. The molecule has 1 saturated heterocycles. The van der Waals surface area contributed by atoms with Crippen LogP contribution in [-0.2, 0) is 4.74 Å². The Hall–Kier alpha value is -2.11. The maximum absolute atomic E-state index is 12.7. The summed E-state index contributed by atoms with van der Waals surface area (Å²) in [6.07, 6.45) is 0.963. The molecule has 27 heavy (non-hydrogen) atoms. The van der Waals surface area contributed by atoms with Crippen LogP contribution in [0.5, 0.6) is 0 Å². The summed E-state index contributed by atoms with van der Waals surface area (Å²) in [6, 6.07) is 12.6. The van der Waals surface area contributed by atoms with Gasteiger partial charge in [-0.3, -0.25) is 9.69 Å². The summed E-state index contributed by atoms with van der Waals surface area (Å²) in [6.45, 7) is 11.6.